The zero-order chi connectivity index (χ0) is 13.4. The maximum Gasteiger partial charge on any atom is 0.257 e. The van der Waals surface area contributed by atoms with Crippen LogP contribution in [0.15, 0.2) is 12.3 Å². The molecule has 3 rings (SSSR count). The smallest absolute Gasteiger partial charge is 0.257 e. The average molecular weight is 266 g/mol. The summed E-state index contributed by atoms with van der Waals surface area (Å²) in [5, 5.41) is 0. The van der Waals surface area contributed by atoms with Gasteiger partial charge in [0.2, 0.25) is 0 Å². The number of fused-ring (bicyclic) bond motifs is 2. The average Bonchev–Trinajstić information content (AvgIpc) is 2.77. The molecule has 3 heterocycles. The molecule has 3 N–H and O–H groups in total. The van der Waals surface area contributed by atoms with E-state index in [1.165, 1.54) is 12.3 Å². The highest BCUT2D eigenvalue weighted by molar-refractivity contribution is 5.95. The molecule has 2 atom stereocenters. The molecule has 7 heteroatoms. The maximum absolute atomic E-state index is 14.0. The van der Waals surface area contributed by atoms with Crippen molar-refractivity contribution in [1.82, 2.24) is 9.88 Å². The molecule has 0 saturated carbocycles. The van der Waals surface area contributed by atoms with Crippen molar-refractivity contribution in [2.75, 3.05) is 18.5 Å². The molecule has 2 aliphatic rings. The predicted octanol–water partition coefficient (Wildman–Crippen LogP) is 0.510. The van der Waals surface area contributed by atoms with Crippen molar-refractivity contribution in [3.8, 4) is 0 Å². The number of rotatable bonds is 2. The normalized spacial score (nSPS) is 25.5. The van der Waals surface area contributed by atoms with Crippen LogP contribution in [0.2, 0.25) is 0 Å². The second-order valence-electron chi connectivity index (χ2n) is 4.83. The molecule has 0 aromatic carbocycles. The van der Waals surface area contributed by atoms with Crippen LogP contribution in [0.1, 0.15) is 23.2 Å². The van der Waals surface area contributed by atoms with Crippen LogP contribution >= 0.6 is 0 Å². The lowest BCUT2D eigenvalue weighted by Crippen LogP contribution is -2.46. The largest absolute Gasteiger partial charge is 0.371 e. The van der Waals surface area contributed by atoms with Gasteiger partial charge in [0.05, 0.1) is 17.8 Å². The van der Waals surface area contributed by atoms with Crippen LogP contribution in [0, 0.1) is 5.82 Å². The molecular formula is C12H15FN4O2. The van der Waals surface area contributed by atoms with Gasteiger partial charge in [0.25, 0.3) is 5.91 Å². The summed E-state index contributed by atoms with van der Waals surface area (Å²) in [6.45, 7) is 1.03. The number of nitrogens with one attached hydrogen (secondary N) is 1. The van der Waals surface area contributed by atoms with Gasteiger partial charge in [-0.15, -0.1) is 0 Å². The number of hydrogen-bond donors (Lipinski definition) is 2. The number of nitrogens with zero attached hydrogens (tertiary/aromatic N) is 2. The topological polar surface area (TPSA) is 80.5 Å². The molecule has 0 aliphatic carbocycles. The van der Waals surface area contributed by atoms with Crippen molar-refractivity contribution in [3.05, 3.63) is 23.6 Å². The second kappa shape index (κ2) is 4.75. The van der Waals surface area contributed by atoms with Gasteiger partial charge in [-0.3, -0.25) is 4.79 Å². The van der Waals surface area contributed by atoms with Crippen LogP contribution in [0.5, 0.6) is 0 Å². The number of halogens is 1. The molecule has 1 aromatic rings. The first-order chi connectivity index (χ1) is 9.19. The lowest BCUT2D eigenvalue weighted by molar-refractivity contribution is -0.0304. The Morgan fingerprint density at radius 1 is 1.47 bits per heavy atom. The van der Waals surface area contributed by atoms with E-state index in [0.29, 0.717) is 13.1 Å². The minimum atomic E-state index is -0.714. The highest BCUT2D eigenvalue weighted by Crippen LogP contribution is 2.27. The van der Waals surface area contributed by atoms with E-state index in [1.807, 2.05) is 0 Å². The summed E-state index contributed by atoms with van der Waals surface area (Å²) >= 11 is 0. The number of nitrogen functional groups attached to an aromatic ring is 1. The number of morpholine rings is 1. The fraction of sp³-hybridized carbons (Fsp3) is 0.500. The third kappa shape index (κ3) is 2.15. The Bertz CT molecular complexity index is 499. The Labute approximate surface area is 109 Å². The first-order valence-electron chi connectivity index (χ1n) is 6.25. The van der Waals surface area contributed by atoms with Gasteiger partial charge in [0, 0.05) is 19.3 Å². The number of ether oxygens (including phenoxy) is 1. The van der Waals surface area contributed by atoms with E-state index >= 15 is 0 Å². The molecule has 2 bridgehead atoms. The quantitative estimate of drug-likeness (QED) is 0.602. The Morgan fingerprint density at radius 3 is 2.79 bits per heavy atom. The van der Waals surface area contributed by atoms with Crippen molar-refractivity contribution in [2.24, 2.45) is 5.84 Å². The molecule has 0 radical (unpaired) electrons. The van der Waals surface area contributed by atoms with Gasteiger partial charge in [0.15, 0.2) is 11.6 Å². The zero-order valence-electron chi connectivity index (χ0n) is 10.3. The number of hydrazine groups is 1. The third-order valence-corrected chi connectivity index (χ3v) is 3.59. The Hall–Kier alpha value is -1.73. The number of aromatic nitrogens is 1. The van der Waals surface area contributed by atoms with E-state index in [0.717, 1.165) is 12.8 Å². The standard InChI is InChI=1S/C12H15FN4O2/c13-10-9(3-4-15-11(10)16-14)12(18)17-5-7-1-2-8(6-17)19-7/h3-4,7-8H,1-2,5-6,14H2,(H,15,16). The number of pyridine rings is 1. The van der Waals surface area contributed by atoms with Crippen molar-refractivity contribution in [1.29, 1.82) is 0 Å². The van der Waals surface area contributed by atoms with Crippen molar-refractivity contribution >= 4 is 11.7 Å². The van der Waals surface area contributed by atoms with Crippen molar-refractivity contribution < 1.29 is 13.9 Å². The lowest BCUT2D eigenvalue weighted by Gasteiger charge is -2.32. The summed E-state index contributed by atoms with van der Waals surface area (Å²) in [5.41, 5.74) is 2.13. The van der Waals surface area contributed by atoms with Crippen LogP contribution in [-0.2, 0) is 4.74 Å². The molecular weight excluding hydrogens is 251 g/mol. The number of hydrogen-bond acceptors (Lipinski definition) is 5. The van der Waals surface area contributed by atoms with Gasteiger partial charge in [-0.25, -0.2) is 15.2 Å². The predicted molar refractivity (Wildman–Crippen MR) is 65.8 cm³/mol. The van der Waals surface area contributed by atoms with Gasteiger partial charge >= 0.3 is 0 Å². The number of carbonyl (C=O) groups is 1. The van der Waals surface area contributed by atoms with Gasteiger partial charge in [-0.2, -0.15) is 0 Å². The molecule has 2 saturated heterocycles. The first kappa shape index (κ1) is 12.3. The Balaban J connectivity index is 1.84. The van der Waals surface area contributed by atoms with Gasteiger partial charge in [-0.05, 0) is 18.9 Å². The van der Waals surface area contributed by atoms with Gasteiger partial charge < -0.3 is 15.1 Å². The van der Waals surface area contributed by atoms with E-state index in [2.05, 4.69) is 10.4 Å². The number of likely N-dealkylation sites (tertiary alicyclic amines) is 1. The molecule has 1 aromatic heterocycles. The van der Waals surface area contributed by atoms with E-state index in [4.69, 9.17) is 10.6 Å². The maximum atomic E-state index is 14.0. The van der Waals surface area contributed by atoms with Crippen LogP contribution < -0.4 is 11.3 Å². The number of anilines is 1. The van der Waals surface area contributed by atoms with E-state index in [1.54, 1.807) is 4.90 Å². The minimum absolute atomic E-state index is 0.00995. The summed E-state index contributed by atoms with van der Waals surface area (Å²) in [4.78, 5) is 17.7. The number of nitrogens with two attached hydrogens (primary N) is 1. The van der Waals surface area contributed by atoms with Crippen LogP contribution in [0.25, 0.3) is 0 Å². The van der Waals surface area contributed by atoms with Crippen molar-refractivity contribution in [3.63, 3.8) is 0 Å². The Morgan fingerprint density at radius 2 is 2.16 bits per heavy atom. The third-order valence-electron chi connectivity index (χ3n) is 3.59. The summed E-state index contributed by atoms with van der Waals surface area (Å²) in [6, 6.07) is 1.37. The SMILES string of the molecule is NNc1nccc(C(=O)N2CC3CCC(C2)O3)c1F. The summed E-state index contributed by atoms with van der Waals surface area (Å²) in [5.74, 6) is 3.98. The fourth-order valence-electron chi connectivity index (χ4n) is 2.66. The summed E-state index contributed by atoms with van der Waals surface area (Å²) in [7, 11) is 0. The van der Waals surface area contributed by atoms with E-state index in [9.17, 15) is 9.18 Å². The number of carbonyl (C=O) groups excluding carboxylic acids is 1. The zero-order valence-corrected chi connectivity index (χ0v) is 10.3. The molecule has 2 aliphatic heterocycles. The molecule has 0 spiro atoms. The Kier molecular flexibility index (Phi) is 3.08. The first-order valence-corrected chi connectivity index (χ1v) is 6.25. The van der Waals surface area contributed by atoms with Crippen LogP contribution in [-0.4, -0.2) is 41.1 Å². The molecule has 19 heavy (non-hydrogen) atoms. The fourth-order valence-corrected chi connectivity index (χ4v) is 2.66. The molecule has 2 unspecified atom stereocenters. The highest BCUT2D eigenvalue weighted by Gasteiger charge is 2.36. The van der Waals surface area contributed by atoms with Gasteiger partial charge in [0.1, 0.15) is 0 Å². The molecule has 6 nitrogen and oxygen atoms in total. The van der Waals surface area contributed by atoms with Gasteiger partial charge in [-0.1, -0.05) is 0 Å². The molecule has 102 valence electrons. The van der Waals surface area contributed by atoms with Crippen LogP contribution in [0.4, 0.5) is 10.2 Å². The van der Waals surface area contributed by atoms with Crippen LogP contribution in [0.3, 0.4) is 0 Å². The molecule has 2 fully saturated rings. The monoisotopic (exact) mass is 266 g/mol. The lowest BCUT2D eigenvalue weighted by atomic mass is 10.2. The second-order valence-corrected chi connectivity index (χ2v) is 4.83. The summed E-state index contributed by atoms with van der Waals surface area (Å²) in [6.07, 6.45) is 3.45. The number of amides is 1. The molecule has 1 amide bonds. The van der Waals surface area contributed by atoms with E-state index < -0.39 is 5.82 Å². The minimum Gasteiger partial charge on any atom is -0.371 e. The van der Waals surface area contributed by atoms with E-state index in [-0.39, 0.29) is 29.5 Å². The highest BCUT2D eigenvalue weighted by atomic mass is 19.1. The summed E-state index contributed by atoms with van der Waals surface area (Å²) < 4.78 is 19.7. The van der Waals surface area contributed by atoms with Crippen molar-refractivity contribution in [2.45, 2.75) is 25.0 Å².